The summed E-state index contributed by atoms with van der Waals surface area (Å²) >= 11 is 0. The van der Waals surface area contributed by atoms with Crippen LogP contribution >= 0.6 is 0 Å². The van der Waals surface area contributed by atoms with Gasteiger partial charge in [-0.3, -0.25) is 10.1 Å². The third kappa shape index (κ3) is 3.17. The maximum atomic E-state index is 12.3. The van der Waals surface area contributed by atoms with Gasteiger partial charge in [0.1, 0.15) is 0 Å². The number of rotatable bonds is 4. The van der Waals surface area contributed by atoms with E-state index in [1.54, 1.807) is 18.2 Å². The molecule has 0 aliphatic rings. The maximum Gasteiger partial charge on any atom is 0.315 e. The molecule has 0 saturated carbocycles. The fourth-order valence-electron chi connectivity index (χ4n) is 2.00. The van der Waals surface area contributed by atoms with Crippen LogP contribution in [0.3, 0.4) is 0 Å². The molecule has 22 heavy (non-hydrogen) atoms. The van der Waals surface area contributed by atoms with E-state index in [2.05, 4.69) is 0 Å². The van der Waals surface area contributed by atoms with Gasteiger partial charge in [-0.05, 0) is 12.5 Å². The number of aromatic hydroxyl groups is 2. The van der Waals surface area contributed by atoms with Crippen LogP contribution in [0.4, 0.5) is 5.69 Å². The molecule has 0 amide bonds. The summed E-state index contributed by atoms with van der Waals surface area (Å²) < 4.78 is 24.7. The molecule has 0 spiro atoms. The van der Waals surface area contributed by atoms with Gasteiger partial charge in [-0.25, -0.2) is 8.42 Å². The summed E-state index contributed by atoms with van der Waals surface area (Å²) in [6, 6.07) is 8.36. The molecule has 0 aromatic heterocycles. The number of phenols is 2. The van der Waals surface area contributed by atoms with E-state index in [1.807, 2.05) is 13.0 Å². The van der Waals surface area contributed by atoms with Gasteiger partial charge in [0.25, 0.3) is 0 Å². The second-order valence-electron chi connectivity index (χ2n) is 4.82. The molecule has 8 heteroatoms. The molecular formula is C14H13NO6S. The van der Waals surface area contributed by atoms with Crippen LogP contribution in [0.25, 0.3) is 0 Å². The van der Waals surface area contributed by atoms with Crippen molar-refractivity contribution in [3.8, 4) is 11.5 Å². The summed E-state index contributed by atoms with van der Waals surface area (Å²) in [5.74, 6) is -2.17. The Balaban J connectivity index is 2.48. The van der Waals surface area contributed by atoms with Gasteiger partial charge in [0.15, 0.2) is 15.6 Å². The van der Waals surface area contributed by atoms with Crippen molar-refractivity contribution in [1.82, 2.24) is 0 Å². The van der Waals surface area contributed by atoms with Crippen LogP contribution in [0.2, 0.25) is 0 Å². The Labute approximate surface area is 126 Å². The molecule has 2 aromatic rings. The van der Waals surface area contributed by atoms with Crippen molar-refractivity contribution in [2.45, 2.75) is 17.6 Å². The number of benzene rings is 2. The summed E-state index contributed by atoms with van der Waals surface area (Å²) in [6.07, 6.45) is 0. The van der Waals surface area contributed by atoms with Gasteiger partial charge in [-0.2, -0.15) is 0 Å². The third-order valence-corrected chi connectivity index (χ3v) is 4.71. The normalized spacial score (nSPS) is 11.3. The molecule has 2 aromatic carbocycles. The van der Waals surface area contributed by atoms with Gasteiger partial charge in [-0.15, -0.1) is 0 Å². The van der Waals surface area contributed by atoms with Gasteiger partial charge in [0.2, 0.25) is 5.75 Å². The SMILES string of the molecule is Cc1cccc(CS(=O)(=O)c2cc(O)c(O)c([N+](=O)[O-])c2)c1. The number of nitro groups is 1. The smallest absolute Gasteiger partial charge is 0.315 e. The van der Waals surface area contributed by atoms with Gasteiger partial charge in [0.05, 0.1) is 15.6 Å². The Morgan fingerprint density at radius 1 is 1.18 bits per heavy atom. The fraction of sp³-hybridized carbons (Fsp3) is 0.143. The first-order valence-corrected chi connectivity index (χ1v) is 7.84. The molecule has 2 N–H and O–H groups in total. The van der Waals surface area contributed by atoms with Crippen molar-refractivity contribution in [2.24, 2.45) is 0 Å². The molecule has 0 aliphatic heterocycles. The molecule has 0 bridgehead atoms. The standard InChI is InChI=1S/C14H13NO6S/c1-9-3-2-4-10(5-9)8-22(20,21)11-6-12(15(18)19)14(17)13(16)7-11/h2-7,16-17H,8H2,1H3. The highest BCUT2D eigenvalue weighted by Gasteiger charge is 2.25. The maximum absolute atomic E-state index is 12.3. The highest BCUT2D eigenvalue weighted by molar-refractivity contribution is 7.90. The minimum absolute atomic E-state index is 0.365. The second kappa shape index (κ2) is 5.64. The molecule has 0 radical (unpaired) electrons. The number of hydrogen-bond acceptors (Lipinski definition) is 6. The number of sulfone groups is 1. The number of nitro benzene ring substituents is 1. The van der Waals surface area contributed by atoms with E-state index < -0.39 is 36.8 Å². The number of nitrogens with zero attached hydrogens (tertiary/aromatic N) is 1. The topological polar surface area (TPSA) is 118 Å². The molecule has 0 fully saturated rings. The van der Waals surface area contributed by atoms with Crippen molar-refractivity contribution in [3.63, 3.8) is 0 Å². The van der Waals surface area contributed by atoms with Gasteiger partial charge >= 0.3 is 5.69 Å². The highest BCUT2D eigenvalue weighted by Crippen LogP contribution is 2.38. The number of aryl methyl sites for hydroxylation is 1. The Morgan fingerprint density at radius 3 is 2.45 bits per heavy atom. The summed E-state index contributed by atoms with van der Waals surface area (Å²) in [5.41, 5.74) is 0.547. The van der Waals surface area contributed by atoms with E-state index in [9.17, 15) is 28.7 Å². The van der Waals surface area contributed by atoms with Gasteiger partial charge < -0.3 is 10.2 Å². The Kier molecular flexibility index (Phi) is 4.05. The summed E-state index contributed by atoms with van der Waals surface area (Å²) in [7, 11) is -3.90. The van der Waals surface area contributed by atoms with Gasteiger partial charge in [-0.1, -0.05) is 29.8 Å². The molecule has 7 nitrogen and oxygen atoms in total. The Bertz CT molecular complexity index is 844. The molecule has 0 atom stereocenters. The van der Waals surface area contributed by atoms with Crippen molar-refractivity contribution >= 4 is 15.5 Å². The lowest BCUT2D eigenvalue weighted by Gasteiger charge is -2.07. The molecule has 0 saturated heterocycles. The average Bonchev–Trinajstić information content (AvgIpc) is 2.40. The predicted octanol–water partition coefficient (Wildman–Crippen LogP) is 2.29. The number of hydrogen-bond donors (Lipinski definition) is 2. The van der Waals surface area contributed by atoms with Crippen LogP contribution in [0, 0.1) is 17.0 Å². The molecule has 116 valence electrons. The summed E-state index contributed by atoms with van der Waals surface area (Å²) in [4.78, 5) is 9.42. The summed E-state index contributed by atoms with van der Waals surface area (Å²) in [5, 5.41) is 29.7. The van der Waals surface area contributed by atoms with Crippen molar-refractivity contribution in [2.75, 3.05) is 0 Å². The predicted molar refractivity (Wildman–Crippen MR) is 78.5 cm³/mol. The number of phenolic OH excluding ortho intramolecular Hbond substituents is 2. The zero-order valence-electron chi connectivity index (χ0n) is 11.6. The van der Waals surface area contributed by atoms with Crippen LogP contribution < -0.4 is 0 Å². The highest BCUT2D eigenvalue weighted by atomic mass is 32.2. The van der Waals surface area contributed by atoms with E-state index in [1.165, 1.54) is 0 Å². The quantitative estimate of drug-likeness (QED) is 0.506. The Hall–Kier alpha value is -2.61. The van der Waals surface area contributed by atoms with E-state index in [4.69, 9.17) is 0 Å². The lowest BCUT2D eigenvalue weighted by Crippen LogP contribution is -2.06. The first-order chi connectivity index (χ1) is 10.2. The van der Waals surface area contributed by atoms with Crippen molar-refractivity contribution in [1.29, 1.82) is 0 Å². The van der Waals surface area contributed by atoms with E-state index in [-0.39, 0.29) is 5.75 Å². The van der Waals surface area contributed by atoms with Gasteiger partial charge in [0, 0.05) is 12.1 Å². The van der Waals surface area contributed by atoms with Crippen LogP contribution in [-0.4, -0.2) is 23.6 Å². The van der Waals surface area contributed by atoms with Crippen molar-refractivity contribution < 1.29 is 23.6 Å². The average molecular weight is 323 g/mol. The van der Waals surface area contributed by atoms with Crippen LogP contribution in [0.15, 0.2) is 41.3 Å². The minimum atomic E-state index is -3.90. The zero-order valence-corrected chi connectivity index (χ0v) is 12.4. The van der Waals surface area contributed by atoms with E-state index in [0.29, 0.717) is 5.56 Å². The lowest BCUT2D eigenvalue weighted by atomic mass is 10.2. The van der Waals surface area contributed by atoms with Crippen LogP contribution in [0.5, 0.6) is 11.5 Å². The molecule has 0 heterocycles. The minimum Gasteiger partial charge on any atom is -0.504 e. The van der Waals surface area contributed by atoms with Crippen LogP contribution in [0.1, 0.15) is 11.1 Å². The monoisotopic (exact) mass is 323 g/mol. The molecule has 2 rings (SSSR count). The first kappa shape index (κ1) is 15.8. The Morgan fingerprint density at radius 2 is 1.86 bits per heavy atom. The lowest BCUT2D eigenvalue weighted by molar-refractivity contribution is -0.386. The summed E-state index contributed by atoms with van der Waals surface area (Å²) in [6.45, 7) is 1.81. The third-order valence-electron chi connectivity index (χ3n) is 3.04. The van der Waals surface area contributed by atoms with Crippen molar-refractivity contribution in [3.05, 3.63) is 57.6 Å². The zero-order chi connectivity index (χ0) is 16.5. The van der Waals surface area contributed by atoms with E-state index in [0.717, 1.165) is 17.7 Å². The molecular weight excluding hydrogens is 310 g/mol. The second-order valence-corrected chi connectivity index (χ2v) is 6.80. The fourth-order valence-corrected chi connectivity index (χ4v) is 3.37. The van der Waals surface area contributed by atoms with E-state index >= 15 is 0 Å². The molecule has 0 unspecified atom stereocenters. The molecule has 0 aliphatic carbocycles. The largest absolute Gasteiger partial charge is 0.504 e. The van der Waals surface area contributed by atoms with Crippen LogP contribution in [-0.2, 0) is 15.6 Å². The first-order valence-electron chi connectivity index (χ1n) is 6.19.